The lowest BCUT2D eigenvalue weighted by atomic mass is 10.4. The molecule has 0 aliphatic heterocycles. The lowest BCUT2D eigenvalue weighted by Gasteiger charge is -1.68. The summed E-state index contributed by atoms with van der Waals surface area (Å²) in [4.78, 5) is 2.89. The Hall–Kier alpha value is -2.36. The minimum atomic E-state index is -0.403. The van der Waals surface area contributed by atoms with Crippen molar-refractivity contribution < 1.29 is 4.57 Å². The van der Waals surface area contributed by atoms with E-state index < -0.39 is 5.57 Å². The quantitative estimate of drug-likeness (QED) is 0.341. The summed E-state index contributed by atoms with van der Waals surface area (Å²) < 4.78 is 1.94. The van der Waals surface area contributed by atoms with Crippen LogP contribution < -0.4 is 4.57 Å². The molecule has 0 aliphatic rings. The van der Waals surface area contributed by atoms with Gasteiger partial charge in [-0.3, -0.25) is 4.98 Å². The van der Waals surface area contributed by atoms with E-state index in [4.69, 9.17) is 15.9 Å². The van der Waals surface area contributed by atoms with Crippen molar-refractivity contribution in [1.82, 2.24) is 4.98 Å². The van der Waals surface area contributed by atoms with Crippen LogP contribution >= 0.6 is 0 Å². The third-order valence-electron chi connectivity index (χ3n) is 1.02. The fourth-order valence-corrected chi connectivity index (χ4v) is 0.439. The highest BCUT2D eigenvalue weighted by Crippen LogP contribution is 1.75. The number of imidazole rings is 1. The van der Waals surface area contributed by atoms with Crippen LogP contribution in [0.2, 0.25) is 0 Å². The van der Waals surface area contributed by atoms with Crippen molar-refractivity contribution in [1.29, 1.82) is 10.5 Å². The molecule has 0 saturated heterocycles. The SMILES string of the molecule is C[n+]1cc[nH]c1.N#CC(=C=[N-])C#N. The Bertz CT molecular complexity index is 354. The normalized spacial score (nSPS) is 6.69. The fourth-order valence-electron chi connectivity index (χ4n) is 0.439. The largest absolute Gasteiger partial charge is 0.762 e. The number of rotatable bonds is 0. The van der Waals surface area contributed by atoms with Gasteiger partial charge >= 0.3 is 0 Å². The number of aromatic amines is 1. The van der Waals surface area contributed by atoms with Gasteiger partial charge in [0.15, 0.2) is 0 Å². The van der Waals surface area contributed by atoms with E-state index in [1.165, 1.54) is 18.0 Å². The van der Waals surface area contributed by atoms with Crippen LogP contribution in [0.5, 0.6) is 0 Å². The van der Waals surface area contributed by atoms with Crippen LogP contribution in [0.15, 0.2) is 24.3 Å². The maximum absolute atomic E-state index is 7.79. The van der Waals surface area contributed by atoms with Crippen LogP contribution in [0, 0.1) is 22.7 Å². The summed E-state index contributed by atoms with van der Waals surface area (Å²) >= 11 is 0. The Labute approximate surface area is 75.7 Å². The lowest BCUT2D eigenvalue weighted by Crippen LogP contribution is -2.22. The van der Waals surface area contributed by atoms with Gasteiger partial charge in [-0.1, -0.05) is 0 Å². The summed E-state index contributed by atoms with van der Waals surface area (Å²) in [5, 5.41) is 23.4. The van der Waals surface area contributed by atoms with E-state index in [1.807, 2.05) is 30.3 Å². The second-order valence-corrected chi connectivity index (χ2v) is 1.99. The molecule has 64 valence electrons. The first-order valence-electron chi connectivity index (χ1n) is 3.30. The summed E-state index contributed by atoms with van der Waals surface area (Å²) in [7, 11) is 1.97. The van der Waals surface area contributed by atoms with E-state index in [1.54, 1.807) is 0 Å². The maximum atomic E-state index is 7.79. The zero-order valence-corrected chi connectivity index (χ0v) is 7.02. The molecule has 0 radical (unpaired) electrons. The molecule has 0 atom stereocenters. The number of aromatic nitrogens is 2. The molecule has 0 aliphatic carbocycles. The second-order valence-electron chi connectivity index (χ2n) is 1.99. The zero-order valence-electron chi connectivity index (χ0n) is 7.02. The number of nitrogens with one attached hydrogen (secondary N) is 1. The third kappa shape index (κ3) is 4.97. The Morgan fingerprint density at radius 1 is 1.46 bits per heavy atom. The monoisotopic (exact) mass is 173 g/mol. The first-order valence-corrected chi connectivity index (χ1v) is 3.30. The van der Waals surface area contributed by atoms with Crippen molar-refractivity contribution in [2.24, 2.45) is 7.05 Å². The van der Waals surface area contributed by atoms with Gasteiger partial charge in [0.2, 0.25) is 6.33 Å². The number of allylic oxidation sites excluding steroid dienone is 1. The van der Waals surface area contributed by atoms with E-state index in [0.717, 1.165) is 0 Å². The molecule has 0 bridgehead atoms. The molecular weight excluding hydrogens is 166 g/mol. The average molecular weight is 173 g/mol. The molecule has 1 aromatic heterocycles. The fraction of sp³-hybridized carbons (Fsp3) is 0.125. The topological polar surface area (TPSA) is 89.5 Å². The van der Waals surface area contributed by atoms with Gasteiger partial charge < -0.3 is 5.41 Å². The van der Waals surface area contributed by atoms with Gasteiger partial charge in [-0.15, -0.1) is 0 Å². The Morgan fingerprint density at radius 2 is 2.08 bits per heavy atom. The Kier molecular flexibility index (Phi) is 5.20. The van der Waals surface area contributed by atoms with Crippen LogP contribution in [0.3, 0.4) is 0 Å². The van der Waals surface area contributed by atoms with Crippen LogP contribution in [-0.2, 0) is 7.05 Å². The summed E-state index contributed by atoms with van der Waals surface area (Å²) in [5.41, 5.74) is -0.403. The van der Waals surface area contributed by atoms with Crippen LogP contribution in [0.1, 0.15) is 0 Å². The molecule has 1 rings (SSSR count). The van der Waals surface area contributed by atoms with Gasteiger partial charge in [-0.05, 0) is 0 Å². The first kappa shape index (κ1) is 10.6. The summed E-state index contributed by atoms with van der Waals surface area (Å²) in [6.07, 6.45) is 5.69. The second kappa shape index (κ2) is 6.36. The number of hydrogen-bond donors (Lipinski definition) is 1. The standard InChI is InChI=1S/C4N3.C4H6N2/c5-1-4(2-6)3-7;1-6-3-2-5-4-6/h;2-4H,1H3/q-1;/p+1. The molecular formula is C8H7N5. The van der Waals surface area contributed by atoms with Gasteiger partial charge in [-0.25, -0.2) is 10.4 Å². The van der Waals surface area contributed by atoms with Crippen LogP contribution in [-0.4, -0.2) is 10.9 Å². The smallest absolute Gasteiger partial charge is 0.241 e. The minimum absolute atomic E-state index is 0.403. The third-order valence-corrected chi connectivity index (χ3v) is 1.02. The van der Waals surface area contributed by atoms with Gasteiger partial charge in [-0.2, -0.15) is 10.5 Å². The molecule has 0 amide bonds. The zero-order chi connectivity index (χ0) is 10.1. The van der Waals surface area contributed by atoms with Gasteiger partial charge in [0, 0.05) is 0 Å². The van der Waals surface area contributed by atoms with Crippen molar-refractivity contribution in [3.63, 3.8) is 0 Å². The predicted octanol–water partition coefficient (Wildman–Crippen LogP) is 0.0383. The molecule has 5 nitrogen and oxygen atoms in total. The Balaban J connectivity index is 0.000000223. The van der Waals surface area contributed by atoms with Gasteiger partial charge in [0.05, 0.1) is 7.05 Å². The number of nitriles is 2. The van der Waals surface area contributed by atoms with Gasteiger partial charge in [0.25, 0.3) is 0 Å². The maximum Gasteiger partial charge on any atom is 0.241 e. The highest BCUT2D eigenvalue weighted by Gasteiger charge is 1.78. The van der Waals surface area contributed by atoms with Crippen molar-refractivity contribution in [2.45, 2.75) is 0 Å². The number of hydrogen-bond acceptors (Lipinski definition) is 2. The van der Waals surface area contributed by atoms with E-state index in [2.05, 4.69) is 4.98 Å². The number of aryl methyl sites for hydroxylation is 1. The van der Waals surface area contributed by atoms with Gasteiger partial charge in [0.1, 0.15) is 30.1 Å². The Morgan fingerprint density at radius 3 is 2.15 bits per heavy atom. The van der Waals surface area contributed by atoms with Crippen molar-refractivity contribution in [3.8, 4) is 12.1 Å². The molecule has 1 heterocycles. The summed E-state index contributed by atoms with van der Waals surface area (Å²) in [6.45, 7) is 0. The summed E-state index contributed by atoms with van der Waals surface area (Å²) in [5.74, 6) is 1.40. The molecule has 1 N–H and O–H groups in total. The van der Waals surface area contributed by atoms with E-state index >= 15 is 0 Å². The van der Waals surface area contributed by atoms with Crippen molar-refractivity contribution >= 4 is 5.87 Å². The van der Waals surface area contributed by atoms with Crippen molar-refractivity contribution in [2.75, 3.05) is 0 Å². The number of nitrogens with zero attached hydrogens (tertiary/aromatic N) is 4. The molecule has 0 saturated carbocycles. The highest BCUT2D eigenvalue weighted by atomic mass is 15.0. The van der Waals surface area contributed by atoms with E-state index in [-0.39, 0.29) is 0 Å². The molecule has 0 fully saturated rings. The number of H-pyrrole nitrogens is 1. The first-order chi connectivity index (χ1) is 6.24. The van der Waals surface area contributed by atoms with E-state index in [9.17, 15) is 0 Å². The lowest BCUT2D eigenvalue weighted by molar-refractivity contribution is -0.670. The molecule has 5 heteroatoms. The minimum Gasteiger partial charge on any atom is -0.762 e. The molecule has 0 unspecified atom stereocenters. The van der Waals surface area contributed by atoms with Crippen LogP contribution in [0.25, 0.3) is 5.41 Å². The molecule has 0 aromatic carbocycles. The predicted molar refractivity (Wildman–Crippen MR) is 45.1 cm³/mol. The average Bonchev–Trinajstić information content (AvgIpc) is 2.60. The van der Waals surface area contributed by atoms with Crippen LogP contribution in [0.4, 0.5) is 0 Å². The molecule has 13 heavy (non-hydrogen) atoms. The highest BCUT2D eigenvalue weighted by molar-refractivity contribution is 5.71. The summed E-state index contributed by atoms with van der Waals surface area (Å²) in [6, 6.07) is 2.79. The van der Waals surface area contributed by atoms with E-state index in [0.29, 0.717) is 0 Å². The van der Waals surface area contributed by atoms with Crippen molar-refractivity contribution in [3.05, 3.63) is 29.7 Å². The molecule has 1 aromatic rings. The molecule has 0 spiro atoms.